The summed E-state index contributed by atoms with van der Waals surface area (Å²) in [6.45, 7) is 8.65. The third-order valence-electron chi connectivity index (χ3n) is 3.37. The lowest BCUT2D eigenvalue weighted by atomic mass is 9.95. The molecule has 1 aromatic carbocycles. The molecule has 6 heteroatoms. The Bertz CT molecular complexity index is 580. The third-order valence-corrected chi connectivity index (χ3v) is 3.37. The topological polar surface area (TPSA) is 87.1 Å². The number of aryl methyl sites for hydroxylation is 2. The van der Waals surface area contributed by atoms with E-state index in [2.05, 4.69) is 7.05 Å². The van der Waals surface area contributed by atoms with Crippen molar-refractivity contribution in [2.75, 3.05) is 0 Å². The molecule has 1 atom stereocenters. The largest absolute Gasteiger partial charge is 0.508 e. The third kappa shape index (κ3) is 5.16. The molecule has 1 amide bonds. The monoisotopic (exact) mass is 322 g/mol. The van der Waals surface area contributed by atoms with Gasteiger partial charge in [0.1, 0.15) is 17.4 Å². The predicted molar refractivity (Wildman–Crippen MR) is 86.1 cm³/mol. The normalized spacial score (nSPS) is 12.6. The van der Waals surface area contributed by atoms with Crippen LogP contribution in [0.2, 0.25) is 0 Å². The van der Waals surface area contributed by atoms with Crippen LogP contribution in [0.3, 0.4) is 0 Å². The lowest BCUT2D eigenvalue weighted by molar-refractivity contribution is -0.142. The van der Waals surface area contributed by atoms with Gasteiger partial charge in [-0.1, -0.05) is 0 Å². The molecular weight excluding hydrogens is 298 g/mol. The lowest BCUT2D eigenvalue weighted by Gasteiger charge is -2.29. The number of phenols is 1. The summed E-state index contributed by atoms with van der Waals surface area (Å²) < 4.78 is 5.17. The number of carboxylic acids is 1. The summed E-state index contributed by atoms with van der Waals surface area (Å²) in [5.74, 6) is -1.05. The van der Waals surface area contributed by atoms with Crippen molar-refractivity contribution in [3.05, 3.63) is 35.9 Å². The van der Waals surface area contributed by atoms with E-state index in [1.807, 2.05) is 0 Å². The van der Waals surface area contributed by atoms with Gasteiger partial charge in [0.15, 0.2) is 0 Å². The van der Waals surface area contributed by atoms with E-state index in [-0.39, 0.29) is 12.2 Å². The van der Waals surface area contributed by atoms with Gasteiger partial charge in [-0.2, -0.15) is 0 Å². The molecular formula is C17H24NO5. The number of rotatable bonds is 4. The van der Waals surface area contributed by atoms with Gasteiger partial charge in [0, 0.05) is 13.5 Å². The highest BCUT2D eigenvalue weighted by atomic mass is 16.6. The maximum absolute atomic E-state index is 12.1. The zero-order valence-electron chi connectivity index (χ0n) is 14.2. The highest BCUT2D eigenvalue weighted by Gasteiger charge is 2.31. The van der Waals surface area contributed by atoms with E-state index in [1.54, 1.807) is 46.8 Å². The first kappa shape index (κ1) is 18.8. The van der Waals surface area contributed by atoms with Crippen molar-refractivity contribution in [1.82, 2.24) is 4.90 Å². The molecule has 0 aliphatic rings. The van der Waals surface area contributed by atoms with Gasteiger partial charge >= 0.3 is 12.1 Å². The molecule has 0 aromatic heterocycles. The van der Waals surface area contributed by atoms with Crippen molar-refractivity contribution >= 4 is 12.1 Å². The average molecular weight is 322 g/mol. The predicted octanol–water partition coefficient (Wildman–Crippen LogP) is 3.03. The first-order valence-electron chi connectivity index (χ1n) is 7.27. The maximum Gasteiger partial charge on any atom is 0.411 e. The lowest BCUT2D eigenvalue weighted by Crippen LogP contribution is -2.45. The van der Waals surface area contributed by atoms with Gasteiger partial charge in [-0.25, -0.2) is 9.59 Å². The van der Waals surface area contributed by atoms with Crippen LogP contribution >= 0.6 is 0 Å². The Morgan fingerprint density at radius 2 is 1.74 bits per heavy atom. The Labute approximate surface area is 136 Å². The summed E-state index contributed by atoms with van der Waals surface area (Å²) >= 11 is 0. The summed E-state index contributed by atoms with van der Waals surface area (Å²) in [5.41, 5.74) is 1.53. The number of carbonyl (C=O) groups is 2. The van der Waals surface area contributed by atoms with E-state index in [1.165, 1.54) is 0 Å². The highest BCUT2D eigenvalue weighted by Crippen LogP contribution is 2.23. The minimum Gasteiger partial charge on any atom is -0.508 e. The number of amides is 1. The number of carbonyl (C=O) groups excluding carboxylic acids is 1. The molecule has 0 aliphatic carbocycles. The molecule has 0 saturated carbocycles. The van der Waals surface area contributed by atoms with Crippen molar-refractivity contribution in [3.63, 3.8) is 0 Å². The van der Waals surface area contributed by atoms with Crippen molar-refractivity contribution in [1.29, 1.82) is 0 Å². The van der Waals surface area contributed by atoms with Gasteiger partial charge in [-0.05, 0) is 63.4 Å². The second-order valence-electron chi connectivity index (χ2n) is 6.57. The number of phenolic OH excluding ortho intramolecular Hbond substituents is 1. The van der Waals surface area contributed by atoms with E-state index >= 15 is 0 Å². The quantitative estimate of drug-likeness (QED) is 0.889. The molecule has 1 rings (SSSR count). The van der Waals surface area contributed by atoms with Crippen LogP contribution in [0, 0.1) is 20.9 Å². The van der Waals surface area contributed by atoms with Gasteiger partial charge in [0.05, 0.1) is 0 Å². The summed E-state index contributed by atoms with van der Waals surface area (Å²) in [6.07, 6.45) is -0.713. The fraction of sp³-hybridized carbons (Fsp3) is 0.471. The highest BCUT2D eigenvalue weighted by molar-refractivity contribution is 5.80. The SMILES string of the molecule is [CH2]N(C(=O)OC(C)(C)C)[C@@H](Cc1c(C)cc(O)cc1C)C(=O)O. The number of carboxylic acid groups (broad SMARTS) is 1. The molecule has 23 heavy (non-hydrogen) atoms. The zero-order valence-corrected chi connectivity index (χ0v) is 14.2. The number of hydrogen-bond acceptors (Lipinski definition) is 4. The first-order chi connectivity index (χ1) is 10.4. The molecule has 0 fully saturated rings. The van der Waals surface area contributed by atoms with Crippen LogP contribution < -0.4 is 0 Å². The summed E-state index contributed by atoms with van der Waals surface area (Å²) in [7, 11) is 3.55. The Balaban J connectivity index is 3.05. The Morgan fingerprint density at radius 1 is 1.26 bits per heavy atom. The van der Waals surface area contributed by atoms with Crippen LogP contribution in [0.15, 0.2) is 12.1 Å². The van der Waals surface area contributed by atoms with Crippen LogP contribution in [0.4, 0.5) is 4.79 Å². The van der Waals surface area contributed by atoms with E-state index in [0.29, 0.717) is 0 Å². The zero-order chi connectivity index (χ0) is 17.9. The van der Waals surface area contributed by atoms with E-state index < -0.39 is 23.7 Å². The summed E-state index contributed by atoms with van der Waals surface area (Å²) in [6, 6.07) is 1.95. The number of hydrogen-bond donors (Lipinski definition) is 2. The first-order valence-corrected chi connectivity index (χ1v) is 7.27. The maximum atomic E-state index is 12.1. The van der Waals surface area contributed by atoms with Gasteiger partial charge in [0.25, 0.3) is 0 Å². The number of nitrogens with zero attached hydrogens (tertiary/aromatic N) is 1. The Kier molecular flexibility index (Phi) is 5.64. The standard InChI is InChI=1S/C17H24NO5/c1-10-7-12(19)8-11(2)13(10)9-14(15(20)21)18(6)16(22)23-17(3,4)5/h7-8,14,19H,6,9H2,1-5H3,(H,20,21)/t14-/m0/s1. The van der Waals surface area contributed by atoms with Gasteiger partial charge in [0.2, 0.25) is 0 Å². The van der Waals surface area contributed by atoms with Crippen molar-refractivity contribution < 1.29 is 24.5 Å². The van der Waals surface area contributed by atoms with Crippen molar-refractivity contribution in [2.24, 2.45) is 0 Å². The molecule has 1 aromatic rings. The molecule has 6 nitrogen and oxygen atoms in total. The second-order valence-corrected chi connectivity index (χ2v) is 6.57. The number of aromatic hydroxyl groups is 1. The van der Waals surface area contributed by atoms with Crippen LogP contribution in [0.5, 0.6) is 5.75 Å². The van der Waals surface area contributed by atoms with Crippen LogP contribution in [0.1, 0.15) is 37.5 Å². The molecule has 0 spiro atoms. The molecule has 0 heterocycles. The van der Waals surface area contributed by atoms with Crippen molar-refractivity contribution in [2.45, 2.75) is 52.7 Å². The molecule has 1 radical (unpaired) electrons. The van der Waals surface area contributed by atoms with Gasteiger partial charge in [-0.15, -0.1) is 0 Å². The van der Waals surface area contributed by atoms with Gasteiger partial charge < -0.3 is 14.9 Å². The van der Waals surface area contributed by atoms with E-state index in [0.717, 1.165) is 21.6 Å². The number of aliphatic carboxylic acids is 1. The molecule has 0 aliphatic heterocycles. The minimum atomic E-state index is -1.17. The molecule has 2 N–H and O–H groups in total. The fourth-order valence-electron chi connectivity index (χ4n) is 2.26. The Hall–Kier alpha value is -2.24. The fourth-order valence-corrected chi connectivity index (χ4v) is 2.26. The van der Waals surface area contributed by atoms with E-state index in [9.17, 15) is 19.8 Å². The number of ether oxygens (including phenoxy) is 1. The van der Waals surface area contributed by atoms with Crippen LogP contribution in [0.25, 0.3) is 0 Å². The molecule has 127 valence electrons. The second kappa shape index (κ2) is 6.89. The Morgan fingerprint density at radius 3 is 2.13 bits per heavy atom. The number of benzene rings is 1. The molecule has 0 bridgehead atoms. The van der Waals surface area contributed by atoms with Gasteiger partial charge in [-0.3, -0.25) is 4.90 Å². The van der Waals surface area contributed by atoms with Crippen LogP contribution in [-0.2, 0) is 16.0 Å². The van der Waals surface area contributed by atoms with Crippen LogP contribution in [-0.4, -0.2) is 38.8 Å². The smallest absolute Gasteiger partial charge is 0.411 e. The minimum absolute atomic E-state index is 0.0794. The summed E-state index contributed by atoms with van der Waals surface area (Å²) in [4.78, 5) is 24.5. The molecule has 0 unspecified atom stereocenters. The van der Waals surface area contributed by atoms with Crippen molar-refractivity contribution in [3.8, 4) is 5.75 Å². The van der Waals surface area contributed by atoms with E-state index in [4.69, 9.17) is 4.74 Å². The molecule has 0 saturated heterocycles. The summed E-state index contributed by atoms with van der Waals surface area (Å²) in [5, 5.41) is 19.0. The average Bonchev–Trinajstić information content (AvgIpc) is 2.34.